The van der Waals surface area contributed by atoms with E-state index in [9.17, 15) is 18.7 Å². The molecular formula is C18H20F2N2O2. The molecule has 4 nitrogen and oxygen atoms in total. The predicted octanol–water partition coefficient (Wildman–Crippen LogP) is 3.30. The molecule has 1 fully saturated rings. The number of rotatable bonds is 3. The number of aliphatic hydroxyl groups is 1. The third kappa shape index (κ3) is 2.94. The number of β-amino-alcohol motifs (C(OH)–C–C–N with tert-alkyl or cyclic N) is 1. The van der Waals surface area contributed by atoms with Crippen LogP contribution in [0.5, 0.6) is 0 Å². The maximum atomic E-state index is 14.1. The Balaban J connectivity index is 1.97. The van der Waals surface area contributed by atoms with Gasteiger partial charge in [-0.3, -0.25) is 4.79 Å². The van der Waals surface area contributed by atoms with Gasteiger partial charge in [-0.25, -0.2) is 8.78 Å². The highest BCUT2D eigenvalue weighted by atomic mass is 19.1. The third-order valence-electron chi connectivity index (χ3n) is 4.41. The first-order valence-electron chi connectivity index (χ1n) is 7.99. The van der Waals surface area contributed by atoms with E-state index in [0.717, 1.165) is 18.2 Å². The quantitative estimate of drug-likeness (QED) is 0.936. The molecule has 0 bridgehead atoms. The maximum absolute atomic E-state index is 14.1. The number of aromatic nitrogens is 1. The van der Waals surface area contributed by atoms with Crippen molar-refractivity contribution >= 4 is 5.91 Å². The number of carbonyl (C=O) groups is 1. The fourth-order valence-electron chi connectivity index (χ4n) is 3.28. The number of nitrogens with zero attached hydrogens (tertiary/aromatic N) is 2. The van der Waals surface area contributed by atoms with Gasteiger partial charge in [0.15, 0.2) is 0 Å². The van der Waals surface area contributed by atoms with Crippen LogP contribution in [0.15, 0.2) is 36.5 Å². The molecule has 3 rings (SSSR count). The maximum Gasteiger partial charge on any atom is 0.271 e. The standard InChI is InChI=1S/C18H20F2N2O2/c1-11(2)21-7-3-4-16(21)18(24)22-10-13(23)9-17(22)14-8-12(19)5-6-15(14)20/h3-8,11,13,17,23H,9-10H2,1-2H3/t13-,17-/m1/s1. The van der Waals surface area contributed by atoms with Crippen molar-refractivity contribution in [2.75, 3.05) is 6.54 Å². The van der Waals surface area contributed by atoms with Gasteiger partial charge in [0.2, 0.25) is 0 Å². The van der Waals surface area contributed by atoms with Gasteiger partial charge < -0.3 is 14.6 Å². The number of aliphatic hydroxyl groups excluding tert-OH is 1. The van der Waals surface area contributed by atoms with Crippen LogP contribution in [-0.2, 0) is 0 Å². The summed E-state index contributed by atoms with van der Waals surface area (Å²) in [6.45, 7) is 4.02. The second kappa shape index (κ2) is 6.36. The highest BCUT2D eigenvalue weighted by Gasteiger charge is 2.38. The molecule has 24 heavy (non-hydrogen) atoms. The first kappa shape index (κ1) is 16.6. The summed E-state index contributed by atoms with van der Waals surface area (Å²) in [4.78, 5) is 14.4. The molecule has 0 unspecified atom stereocenters. The molecule has 1 amide bonds. The van der Waals surface area contributed by atoms with Gasteiger partial charge in [0.25, 0.3) is 5.91 Å². The molecule has 2 atom stereocenters. The first-order chi connectivity index (χ1) is 11.4. The smallest absolute Gasteiger partial charge is 0.271 e. The SMILES string of the molecule is CC(C)n1cccc1C(=O)N1C[C@H](O)C[C@@H]1c1cc(F)ccc1F. The molecule has 6 heteroatoms. The lowest BCUT2D eigenvalue weighted by Gasteiger charge is -2.26. The van der Waals surface area contributed by atoms with E-state index in [1.54, 1.807) is 12.1 Å². The van der Waals surface area contributed by atoms with Crippen molar-refractivity contribution in [2.45, 2.75) is 38.5 Å². The summed E-state index contributed by atoms with van der Waals surface area (Å²) in [5.74, 6) is -1.43. The van der Waals surface area contributed by atoms with Crippen molar-refractivity contribution in [3.63, 3.8) is 0 Å². The van der Waals surface area contributed by atoms with Crippen molar-refractivity contribution < 1.29 is 18.7 Å². The van der Waals surface area contributed by atoms with Gasteiger partial charge in [0, 0.05) is 24.3 Å². The Labute approximate surface area is 139 Å². The number of carbonyl (C=O) groups excluding carboxylic acids is 1. The molecule has 128 valence electrons. The monoisotopic (exact) mass is 334 g/mol. The molecule has 0 saturated carbocycles. The number of likely N-dealkylation sites (tertiary alicyclic amines) is 1. The minimum absolute atomic E-state index is 0.0934. The number of amides is 1. The Hall–Kier alpha value is -2.21. The van der Waals surface area contributed by atoms with E-state index in [-0.39, 0.29) is 30.5 Å². The molecule has 2 aromatic rings. The van der Waals surface area contributed by atoms with E-state index < -0.39 is 23.8 Å². The van der Waals surface area contributed by atoms with E-state index in [1.165, 1.54) is 4.90 Å². The fourth-order valence-corrected chi connectivity index (χ4v) is 3.28. The normalized spacial score (nSPS) is 20.8. The van der Waals surface area contributed by atoms with Crippen molar-refractivity contribution in [3.05, 3.63) is 59.4 Å². The molecule has 1 aromatic carbocycles. The van der Waals surface area contributed by atoms with Crippen LogP contribution in [0.25, 0.3) is 0 Å². The van der Waals surface area contributed by atoms with Crippen LogP contribution in [0.4, 0.5) is 8.78 Å². The molecule has 0 spiro atoms. The Kier molecular flexibility index (Phi) is 4.41. The lowest BCUT2D eigenvalue weighted by molar-refractivity contribution is 0.0701. The molecule has 0 aliphatic carbocycles. The summed E-state index contributed by atoms with van der Waals surface area (Å²) in [6, 6.07) is 6.08. The minimum Gasteiger partial charge on any atom is -0.391 e. The lowest BCUT2D eigenvalue weighted by Crippen LogP contribution is -2.33. The summed E-state index contributed by atoms with van der Waals surface area (Å²) in [5.41, 5.74) is 0.573. The summed E-state index contributed by atoms with van der Waals surface area (Å²) in [5, 5.41) is 10.00. The Morgan fingerprint density at radius 3 is 2.75 bits per heavy atom. The highest BCUT2D eigenvalue weighted by molar-refractivity contribution is 5.93. The molecule has 1 saturated heterocycles. The zero-order valence-electron chi connectivity index (χ0n) is 13.6. The Bertz CT molecular complexity index is 757. The number of hydrogen-bond acceptors (Lipinski definition) is 2. The van der Waals surface area contributed by atoms with Crippen LogP contribution in [0.1, 0.15) is 48.4 Å². The van der Waals surface area contributed by atoms with Crippen molar-refractivity contribution in [1.29, 1.82) is 0 Å². The average Bonchev–Trinajstić information content (AvgIpc) is 3.15. The highest BCUT2D eigenvalue weighted by Crippen LogP contribution is 2.35. The molecule has 1 aromatic heterocycles. The molecule has 2 heterocycles. The summed E-state index contributed by atoms with van der Waals surface area (Å²) >= 11 is 0. The Morgan fingerprint density at radius 1 is 1.29 bits per heavy atom. The average molecular weight is 334 g/mol. The van der Waals surface area contributed by atoms with Crippen molar-refractivity contribution in [1.82, 2.24) is 9.47 Å². The second-order valence-electron chi connectivity index (χ2n) is 6.42. The minimum atomic E-state index is -0.760. The molecule has 1 N–H and O–H groups in total. The van der Waals surface area contributed by atoms with Crippen molar-refractivity contribution in [2.24, 2.45) is 0 Å². The zero-order valence-corrected chi connectivity index (χ0v) is 13.6. The van der Waals surface area contributed by atoms with Gasteiger partial charge in [-0.15, -0.1) is 0 Å². The van der Waals surface area contributed by atoms with Gasteiger partial charge in [0.05, 0.1) is 12.1 Å². The van der Waals surface area contributed by atoms with Crippen LogP contribution in [0, 0.1) is 11.6 Å². The fraction of sp³-hybridized carbons (Fsp3) is 0.389. The zero-order chi connectivity index (χ0) is 17.4. The lowest BCUT2D eigenvalue weighted by atomic mass is 10.0. The number of halogens is 2. The Morgan fingerprint density at radius 2 is 2.04 bits per heavy atom. The van der Waals surface area contributed by atoms with Gasteiger partial charge in [-0.05, 0) is 50.6 Å². The first-order valence-corrected chi connectivity index (χ1v) is 7.99. The second-order valence-corrected chi connectivity index (χ2v) is 6.42. The summed E-state index contributed by atoms with van der Waals surface area (Å²) < 4.78 is 29.5. The van der Waals surface area contributed by atoms with Crippen molar-refractivity contribution in [3.8, 4) is 0 Å². The predicted molar refractivity (Wildman–Crippen MR) is 85.6 cm³/mol. The van der Waals surface area contributed by atoms with Crippen LogP contribution < -0.4 is 0 Å². The summed E-state index contributed by atoms with van der Waals surface area (Å²) in [6.07, 6.45) is 1.24. The van der Waals surface area contributed by atoms with E-state index in [0.29, 0.717) is 5.69 Å². The van der Waals surface area contributed by atoms with E-state index in [1.807, 2.05) is 24.6 Å². The van der Waals surface area contributed by atoms with E-state index >= 15 is 0 Å². The van der Waals surface area contributed by atoms with Crippen LogP contribution in [-0.4, -0.2) is 33.1 Å². The third-order valence-corrected chi connectivity index (χ3v) is 4.41. The van der Waals surface area contributed by atoms with Crippen LogP contribution in [0.2, 0.25) is 0 Å². The van der Waals surface area contributed by atoms with Gasteiger partial charge in [0.1, 0.15) is 17.3 Å². The topological polar surface area (TPSA) is 45.5 Å². The molecule has 0 radical (unpaired) electrons. The van der Waals surface area contributed by atoms with Gasteiger partial charge in [-0.2, -0.15) is 0 Å². The van der Waals surface area contributed by atoms with Gasteiger partial charge in [-0.1, -0.05) is 0 Å². The number of hydrogen-bond donors (Lipinski definition) is 1. The van der Waals surface area contributed by atoms with Crippen LogP contribution >= 0.6 is 0 Å². The largest absolute Gasteiger partial charge is 0.391 e. The van der Waals surface area contributed by atoms with E-state index in [2.05, 4.69) is 0 Å². The molecule has 1 aliphatic heterocycles. The molecule has 1 aliphatic rings. The number of benzene rings is 1. The van der Waals surface area contributed by atoms with Gasteiger partial charge >= 0.3 is 0 Å². The van der Waals surface area contributed by atoms with Crippen LogP contribution in [0.3, 0.4) is 0 Å². The molecular weight excluding hydrogens is 314 g/mol. The van der Waals surface area contributed by atoms with E-state index in [4.69, 9.17) is 0 Å². The summed E-state index contributed by atoms with van der Waals surface area (Å²) in [7, 11) is 0.